The van der Waals surface area contributed by atoms with Crippen LogP contribution in [0.5, 0.6) is 5.75 Å². The van der Waals surface area contributed by atoms with Crippen LogP contribution in [0.3, 0.4) is 0 Å². The maximum absolute atomic E-state index is 13.7. The highest BCUT2D eigenvalue weighted by Gasteiger charge is 2.09. The third-order valence-electron chi connectivity index (χ3n) is 3.05. The molecular formula is C15H17FN2O. The summed E-state index contributed by atoms with van der Waals surface area (Å²) in [5.41, 5.74) is 9.22. The minimum absolute atomic E-state index is 0.301. The van der Waals surface area contributed by atoms with Gasteiger partial charge in [-0.3, -0.25) is 0 Å². The van der Waals surface area contributed by atoms with E-state index in [1.54, 1.807) is 19.2 Å². The van der Waals surface area contributed by atoms with E-state index < -0.39 is 0 Å². The molecule has 0 unspecified atom stereocenters. The second-order valence-corrected chi connectivity index (χ2v) is 4.47. The van der Waals surface area contributed by atoms with Crippen LogP contribution in [0.4, 0.5) is 21.5 Å². The van der Waals surface area contributed by atoms with Crippen LogP contribution in [0, 0.1) is 19.7 Å². The summed E-state index contributed by atoms with van der Waals surface area (Å²) < 4.78 is 19.0. The van der Waals surface area contributed by atoms with E-state index in [-0.39, 0.29) is 5.82 Å². The number of methoxy groups -OCH3 is 1. The lowest BCUT2D eigenvalue weighted by molar-refractivity contribution is 0.411. The largest absolute Gasteiger partial charge is 0.496 e. The zero-order chi connectivity index (χ0) is 14.0. The van der Waals surface area contributed by atoms with E-state index in [0.717, 1.165) is 22.6 Å². The topological polar surface area (TPSA) is 47.3 Å². The van der Waals surface area contributed by atoms with Crippen molar-refractivity contribution in [2.45, 2.75) is 13.8 Å². The molecule has 3 nitrogen and oxygen atoms in total. The van der Waals surface area contributed by atoms with Crippen LogP contribution in [-0.2, 0) is 0 Å². The fourth-order valence-electron chi connectivity index (χ4n) is 1.95. The van der Waals surface area contributed by atoms with Gasteiger partial charge in [-0.25, -0.2) is 4.39 Å². The first-order valence-corrected chi connectivity index (χ1v) is 5.99. The molecule has 0 heterocycles. The Balaban J connectivity index is 2.41. The lowest BCUT2D eigenvalue weighted by Crippen LogP contribution is -2.01. The van der Waals surface area contributed by atoms with Crippen LogP contribution in [0.1, 0.15) is 11.1 Å². The molecule has 0 saturated carbocycles. The third kappa shape index (κ3) is 2.62. The molecule has 0 amide bonds. The monoisotopic (exact) mass is 260 g/mol. The molecule has 0 atom stereocenters. The molecule has 0 bridgehead atoms. The number of benzene rings is 2. The molecule has 0 fully saturated rings. The molecule has 2 aromatic rings. The molecule has 2 rings (SSSR count). The maximum atomic E-state index is 13.7. The molecule has 0 aromatic heterocycles. The second kappa shape index (κ2) is 5.18. The van der Waals surface area contributed by atoms with Crippen LogP contribution >= 0.6 is 0 Å². The van der Waals surface area contributed by atoms with Gasteiger partial charge in [0.15, 0.2) is 0 Å². The Morgan fingerprint density at radius 2 is 1.89 bits per heavy atom. The summed E-state index contributed by atoms with van der Waals surface area (Å²) in [5.74, 6) is 0.442. The zero-order valence-corrected chi connectivity index (χ0v) is 11.3. The van der Waals surface area contributed by atoms with Crippen LogP contribution < -0.4 is 15.8 Å². The van der Waals surface area contributed by atoms with Crippen molar-refractivity contribution in [3.63, 3.8) is 0 Å². The zero-order valence-electron chi connectivity index (χ0n) is 11.3. The summed E-state index contributed by atoms with van der Waals surface area (Å²) in [5, 5.41) is 3.05. The first-order valence-electron chi connectivity index (χ1n) is 5.99. The summed E-state index contributed by atoms with van der Waals surface area (Å²) in [4.78, 5) is 0. The van der Waals surface area contributed by atoms with Crippen molar-refractivity contribution in [3.8, 4) is 5.75 Å². The minimum atomic E-state index is -0.368. The van der Waals surface area contributed by atoms with Crippen LogP contribution in [0.2, 0.25) is 0 Å². The number of para-hydroxylation sites is 1. The van der Waals surface area contributed by atoms with Crippen molar-refractivity contribution < 1.29 is 9.13 Å². The van der Waals surface area contributed by atoms with Gasteiger partial charge in [0.2, 0.25) is 0 Å². The number of aryl methyl sites for hydroxylation is 2. The Bertz CT molecular complexity index is 591. The van der Waals surface area contributed by atoms with E-state index in [2.05, 4.69) is 5.32 Å². The number of rotatable bonds is 3. The lowest BCUT2D eigenvalue weighted by atomic mass is 10.1. The molecule has 0 spiro atoms. The number of ether oxygens (including phenoxy) is 1. The van der Waals surface area contributed by atoms with Crippen molar-refractivity contribution in [2.24, 2.45) is 0 Å². The predicted octanol–water partition coefficient (Wildman–Crippen LogP) is 3.78. The van der Waals surface area contributed by atoms with Gasteiger partial charge in [0.25, 0.3) is 0 Å². The van der Waals surface area contributed by atoms with E-state index >= 15 is 0 Å². The first kappa shape index (κ1) is 13.2. The standard InChI is InChI=1S/C15H17FN2O/c1-9-8-14(19-3)10(2)7-13(9)18-15-11(16)5-4-6-12(15)17/h4-8,18H,17H2,1-3H3. The number of halogens is 1. The van der Waals surface area contributed by atoms with E-state index in [0.29, 0.717) is 11.4 Å². The van der Waals surface area contributed by atoms with Gasteiger partial charge in [-0.05, 0) is 49.2 Å². The van der Waals surface area contributed by atoms with Gasteiger partial charge in [-0.2, -0.15) is 0 Å². The number of hydrogen-bond donors (Lipinski definition) is 2. The summed E-state index contributed by atoms with van der Waals surface area (Å²) in [6.45, 7) is 3.87. The highest BCUT2D eigenvalue weighted by Crippen LogP contribution is 2.31. The van der Waals surface area contributed by atoms with Crippen LogP contribution in [0.25, 0.3) is 0 Å². The normalized spacial score (nSPS) is 10.3. The molecule has 19 heavy (non-hydrogen) atoms. The van der Waals surface area contributed by atoms with Gasteiger partial charge < -0.3 is 15.8 Å². The summed E-state index contributed by atoms with van der Waals surface area (Å²) in [6, 6.07) is 8.46. The average Bonchev–Trinajstić information content (AvgIpc) is 2.37. The molecule has 100 valence electrons. The average molecular weight is 260 g/mol. The lowest BCUT2D eigenvalue weighted by Gasteiger charge is -2.15. The fourth-order valence-corrected chi connectivity index (χ4v) is 1.95. The SMILES string of the molecule is COc1cc(C)c(Nc2c(N)cccc2F)cc1C. The van der Waals surface area contributed by atoms with E-state index in [1.165, 1.54) is 6.07 Å². The molecule has 4 heteroatoms. The molecule has 3 N–H and O–H groups in total. The molecule has 2 aromatic carbocycles. The number of nitrogen functional groups attached to an aromatic ring is 1. The first-order chi connectivity index (χ1) is 9.02. The third-order valence-corrected chi connectivity index (χ3v) is 3.05. The van der Waals surface area contributed by atoms with Gasteiger partial charge in [-0.15, -0.1) is 0 Å². The summed E-state index contributed by atoms with van der Waals surface area (Å²) in [7, 11) is 1.63. The Hall–Kier alpha value is -2.23. The van der Waals surface area contributed by atoms with Crippen molar-refractivity contribution >= 4 is 17.1 Å². The van der Waals surface area contributed by atoms with Crippen LogP contribution in [-0.4, -0.2) is 7.11 Å². The Morgan fingerprint density at radius 1 is 1.16 bits per heavy atom. The van der Waals surface area contributed by atoms with Gasteiger partial charge in [0.1, 0.15) is 11.6 Å². The van der Waals surface area contributed by atoms with Crippen molar-refractivity contribution in [3.05, 3.63) is 47.3 Å². The molecule has 0 aliphatic rings. The number of nitrogens with one attached hydrogen (secondary N) is 1. The number of nitrogens with two attached hydrogens (primary N) is 1. The van der Waals surface area contributed by atoms with Gasteiger partial charge in [0, 0.05) is 5.69 Å². The van der Waals surface area contributed by atoms with Gasteiger partial charge in [-0.1, -0.05) is 6.07 Å². The Kier molecular flexibility index (Phi) is 3.60. The molecular weight excluding hydrogens is 243 g/mol. The molecule has 0 aliphatic heterocycles. The maximum Gasteiger partial charge on any atom is 0.148 e. The van der Waals surface area contributed by atoms with Crippen molar-refractivity contribution in [1.29, 1.82) is 0 Å². The predicted molar refractivity (Wildman–Crippen MR) is 76.6 cm³/mol. The molecule has 0 radical (unpaired) electrons. The van der Waals surface area contributed by atoms with E-state index in [1.807, 2.05) is 26.0 Å². The highest BCUT2D eigenvalue weighted by molar-refractivity contribution is 5.75. The second-order valence-electron chi connectivity index (χ2n) is 4.47. The molecule has 0 aliphatic carbocycles. The van der Waals surface area contributed by atoms with E-state index in [9.17, 15) is 4.39 Å². The minimum Gasteiger partial charge on any atom is -0.496 e. The Labute approximate surface area is 112 Å². The summed E-state index contributed by atoms with van der Waals surface area (Å²) in [6.07, 6.45) is 0. The number of hydrogen-bond acceptors (Lipinski definition) is 3. The highest BCUT2D eigenvalue weighted by atomic mass is 19.1. The number of anilines is 3. The quantitative estimate of drug-likeness (QED) is 0.826. The van der Waals surface area contributed by atoms with Gasteiger partial charge in [0.05, 0.1) is 18.5 Å². The van der Waals surface area contributed by atoms with Gasteiger partial charge >= 0.3 is 0 Å². The summed E-state index contributed by atoms with van der Waals surface area (Å²) >= 11 is 0. The van der Waals surface area contributed by atoms with Crippen molar-refractivity contribution in [2.75, 3.05) is 18.2 Å². The molecule has 0 saturated heterocycles. The van der Waals surface area contributed by atoms with Crippen LogP contribution in [0.15, 0.2) is 30.3 Å². The van der Waals surface area contributed by atoms with E-state index in [4.69, 9.17) is 10.5 Å². The van der Waals surface area contributed by atoms with Crippen molar-refractivity contribution in [1.82, 2.24) is 0 Å². The smallest absolute Gasteiger partial charge is 0.148 e. The Morgan fingerprint density at radius 3 is 2.53 bits per heavy atom. The fraction of sp³-hybridized carbons (Fsp3) is 0.200.